The average molecular weight is 276 g/mol. The average Bonchev–Trinajstić information content (AvgIpc) is 2.72. The van der Waals surface area contributed by atoms with Crippen molar-refractivity contribution in [1.29, 1.82) is 0 Å². The lowest BCUT2D eigenvalue weighted by Gasteiger charge is -2.12. The molecule has 0 unspecified atom stereocenters. The van der Waals surface area contributed by atoms with Crippen molar-refractivity contribution in [3.63, 3.8) is 0 Å². The van der Waals surface area contributed by atoms with Crippen LogP contribution in [-0.4, -0.2) is 33.9 Å². The molecular weight excluding hydrogens is 256 g/mol. The van der Waals surface area contributed by atoms with Crippen LogP contribution in [0.2, 0.25) is 0 Å². The predicted molar refractivity (Wildman–Crippen MR) is 78.0 cm³/mol. The number of pyridine rings is 1. The van der Waals surface area contributed by atoms with Crippen molar-refractivity contribution < 1.29 is 9.53 Å². The van der Waals surface area contributed by atoms with Crippen molar-refractivity contribution >= 4 is 22.7 Å². The monoisotopic (exact) mass is 276 g/mol. The highest BCUT2D eigenvalue weighted by molar-refractivity contribution is 6.05. The lowest BCUT2D eigenvalue weighted by Crippen LogP contribution is -2.12. The summed E-state index contributed by atoms with van der Waals surface area (Å²) >= 11 is 0. The molecule has 0 saturated heterocycles. The minimum absolute atomic E-state index is 0.343. The molecule has 20 heavy (non-hydrogen) atoms. The molecule has 0 fully saturated rings. The molecule has 0 bridgehead atoms. The number of carbonyl (C=O) groups excluding carboxylic acids is 1. The fraction of sp³-hybridized carbons (Fsp3) is 0.500. The van der Waals surface area contributed by atoms with Crippen LogP contribution < -0.4 is 5.32 Å². The Morgan fingerprint density at radius 2 is 2.20 bits per heavy atom. The molecule has 0 aliphatic heterocycles. The maximum atomic E-state index is 12.1. The van der Waals surface area contributed by atoms with Crippen molar-refractivity contribution in [1.82, 2.24) is 14.8 Å². The Bertz CT molecular complexity index is 634. The van der Waals surface area contributed by atoms with Crippen LogP contribution in [0.1, 0.15) is 36.3 Å². The summed E-state index contributed by atoms with van der Waals surface area (Å²) in [5.41, 5.74) is 2.83. The van der Waals surface area contributed by atoms with E-state index in [0.717, 1.165) is 35.4 Å². The van der Waals surface area contributed by atoms with E-state index in [1.807, 2.05) is 14.0 Å². The van der Waals surface area contributed by atoms with E-state index in [4.69, 9.17) is 4.74 Å². The number of aromatic nitrogens is 3. The van der Waals surface area contributed by atoms with Gasteiger partial charge in [0.1, 0.15) is 5.56 Å². The summed E-state index contributed by atoms with van der Waals surface area (Å²) in [7, 11) is 1.84. The zero-order chi connectivity index (χ0) is 14.7. The van der Waals surface area contributed by atoms with Gasteiger partial charge in [-0.05, 0) is 20.3 Å². The molecule has 2 heterocycles. The van der Waals surface area contributed by atoms with E-state index in [2.05, 4.69) is 22.3 Å². The molecule has 2 aromatic rings. The third-order valence-corrected chi connectivity index (χ3v) is 3.07. The summed E-state index contributed by atoms with van der Waals surface area (Å²) in [6, 6.07) is 0. The lowest BCUT2D eigenvalue weighted by atomic mass is 10.1. The molecule has 0 radical (unpaired) electrons. The first-order valence-corrected chi connectivity index (χ1v) is 6.83. The molecule has 0 aliphatic rings. The standard InChI is InChI=1S/C14H20N4O2/c1-5-7-15-12-10(14(19)20-6-2)8-16-13-11(12)9(3)17-18(13)4/h8H,5-7H2,1-4H3,(H,15,16). The number of carbonyl (C=O) groups is 1. The first kappa shape index (κ1) is 14.3. The molecule has 6 heteroatoms. The van der Waals surface area contributed by atoms with E-state index in [9.17, 15) is 4.79 Å². The van der Waals surface area contributed by atoms with Gasteiger partial charge in [0, 0.05) is 19.8 Å². The van der Waals surface area contributed by atoms with Gasteiger partial charge in [0.25, 0.3) is 0 Å². The third kappa shape index (κ3) is 2.45. The van der Waals surface area contributed by atoms with Crippen molar-refractivity contribution in [2.24, 2.45) is 7.05 Å². The molecule has 0 saturated carbocycles. The summed E-state index contributed by atoms with van der Waals surface area (Å²) in [4.78, 5) is 16.4. The topological polar surface area (TPSA) is 69.0 Å². The molecule has 0 spiro atoms. The number of aryl methyl sites for hydroxylation is 2. The van der Waals surface area contributed by atoms with Crippen LogP contribution in [0.5, 0.6) is 0 Å². The van der Waals surface area contributed by atoms with E-state index < -0.39 is 0 Å². The largest absolute Gasteiger partial charge is 0.462 e. The van der Waals surface area contributed by atoms with E-state index >= 15 is 0 Å². The van der Waals surface area contributed by atoms with Gasteiger partial charge >= 0.3 is 5.97 Å². The van der Waals surface area contributed by atoms with E-state index in [1.54, 1.807) is 17.8 Å². The molecule has 108 valence electrons. The number of anilines is 1. The molecule has 0 atom stereocenters. The number of hydrogen-bond donors (Lipinski definition) is 1. The van der Waals surface area contributed by atoms with Crippen LogP contribution in [-0.2, 0) is 11.8 Å². The van der Waals surface area contributed by atoms with Crippen molar-refractivity contribution in [2.45, 2.75) is 27.2 Å². The fourth-order valence-corrected chi connectivity index (χ4v) is 2.21. The van der Waals surface area contributed by atoms with Gasteiger partial charge in [-0.3, -0.25) is 4.68 Å². The zero-order valence-corrected chi connectivity index (χ0v) is 12.4. The quantitative estimate of drug-likeness (QED) is 0.848. The Morgan fingerprint density at radius 3 is 2.85 bits per heavy atom. The lowest BCUT2D eigenvalue weighted by molar-refractivity contribution is 0.0527. The molecular formula is C14H20N4O2. The summed E-state index contributed by atoms with van der Waals surface area (Å²) in [5.74, 6) is -0.358. The highest BCUT2D eigenvalue weighted by atomic mass is 16.5. The summed E-state index contributed by atoms with van der Waals surface area (Å²) in [5, 5.41) is 8.55. The van der Waals surface area contributed by atoms with Gasteiger partial charge in [0.05, 0.1) is 23.4 Å². The molecule has 6 nitrogen and oxygen atoms in total. The van der Waals surface area contributed by atoms with E-state index in [1.165, 1.54) is 0 Å². The molecule has 2 rings (SSSR count). The molecule has 2 aromatic heterocycles. The fourth-order valence-electron chi connectivity index (χ4n) is 2.21. The van der Waals surface area contributed by atoms with Crippen molar-refractivity contribution in [3.05, 3.63) is 17.5 Å². The maximum absolute atomic E-state index is 12.1. The smallest absolute Gasteiger partial charge is 0.341 e. The molecule has 0 aliphatic carbocycles. The number of nitrogens with zero attached hydrogens (tertiary/aromatic N) is 3. The zero-order valence-electron chi connectivity index (χ0n) is 12.4. The third-order valence-electron chi connectivity index (χ3n) is 3.07. The number of fused-ring (bicyclic) bond motifs is 1. The van der Waals surface area contributed by atoms with Crippen molar-refractivity contribution in [2.75, 3.05) is 18.5 Å². The Hall–Kier alpha value is -2.11. The van der Waals surface area contributed by atoms with Crippen LogP contribution in [0.25, 0.3) is 11.0 Å². The van der Waals surface area contributed by atoms with Gasteiger partial charge in [-0.25, -0.2) is 9.78 Å². The molecule has 0 amide bonds. The van der Waals surface area contributed by atoms with Crippen LogP contribution in [0.3, 0.4) is 0 Å². The number of ether oxygens (including phenoxy) is 1. The van der Waals surface area contributed by atoms with Gasteiger partial charge < -0.3 is 10.1 Å². The van der Waals surface area contributed by atoms with Gasteiger partial charge in [-0.2, -0.15) is 5.10 Å². The highest BCUT2D eigenvalue weighted by Crippen LogP contribution is 2.29. The van der Waals surface area contributed by atoms with Crippen LogP contribution >= 0.6 is 0 Å². The second-order valence-electron chi connectivity index (χ2n) is 4.60. The van der Waals surface area contributed by atoms with E-state index in [0.29, 0.717) is 12.2 Å². The Morgan fingerprint density at radius 1 is 1.45 bits per heavy atom. The Labute approximate surface area is 118 Å². The number of esters is 1. The minimum atomic E-state index is -0.358. The highest BCUT2D eigenvalue weighted by Gasteiger charge is 2.20. The Kier molecular flexibility index (Phi) is 4.22. The SMILES string of the molecule is CCCNc1c(C(=O)OCC)cnc2c1c(C)nn2C. The maximum Gasteiger partial charge on any atom is 0.341 e. The summed E-state index contributed by atoms with van der Waals surface area (Å²) in [6.45, 7) is 6.90. The van der Waals surface area contributed by atoms with Gasteiger partial charge in [0.2, 0.25) is 0 Å². The van der Waals surface area contributed by atoms with Crippen LogP contribution in [0.4, 0.5) is 5.69 Å². The Balaban J connectivity index is 2.62. The van der Waals surface area contributed by atoms with Gasteiger partial charge in [-0.1, -0.05) is 6.92 Å². The second kappa shape index (κ2) is 5.90. The summed E-state index contributed by atoms with van der Waals surface area (Å²) < 4.78 is 6.82. The second-order valence-corrected chi connectivity index (χ2v) is 4.60. The van der Waals surface area contributed by atoms with E-state index in [-0.39, 0.29) is 5.97 Å². The number of rotatable bonds is 5. The van der Waals surface area contributed by atoms with Crippen LogP contribution in [0.15, 0.2) is 6.20 Å². The molecule has 1 N–H and O–H groups in total. The number of hydrogen-bond acceptors (Lipinski definition) is 5. The molecule has 0 aromatic carbocycles. The normalized spacial score (nSPS) is 10.8. The first-order chi connectivity index (χ1) is 9.60. The van der Waals surface area contributed by atoms with Crippen molar-refractivity contribution in [3.8, 4) is 0 Å². The first-order valence-electron chi connectivity index (χ1n) is 6.83. The van der Waals surface area contributed by atoms with Gasteiger partial charge in [-0.15, -0.1) is 0 Å². The summed E-state index contributed by atoms with van der Waals surface area (Å²) in [6.07, 6.45) is 2.52. The minimum Gasteiger partial charge on any atom is -0.462 e. The predicted octanol–water partition coefficient (Wildman–Crippen LogP) is 2.28. The van der Waals surface area contributed by atoms with Gasteiger partial charge in [0.15, 0.2) is 5.65 Å². The van der Waals surface area contributed by atoms with Crippen LogP contribution in [0, 0.1) is 6.92 Å². The number of nitrogens with one attached hydrogen (secondary N) is 1.